The van der Waals surface area contributed by atoms with Crippen molar-refractivity contribution in [2.75, 3.05) is 6.61 Å². The Morgan fingerprint density at radius 2 is 1.96 bits per heavy atom. The lowest BCUT2D eigenvalue weighted by Crippen LogP contribution is -2.33. The summed E-state index contributed by atoms with van der Waals surface area (Å²) in [5.41, 5.74) is 7.02. The number of benzene rings is 1. The highest BCUT2D eigenvalue weighted by Crippen LogP contribution is 2.49. The molecule has 1 atom stereocenters. The molecule has 0 unspecified atom stereocenters. The molecule has 0 saturated carbocycles. The average molecular weight is 407 g/mol. The van der Waals surface area contributed by atoms with Crippen molar-refractivity contribution in [3.63, 3.8) is 0 Å². The van der Waals surface area contributed by atoms with Gasteiger partial charge in [-0.3, -0.25) is 4.79 Å². The number of hydrogen-bond acceptors (Lipinski definition) is 5. The first kappa shape index (κ1) is 19.6. The Morgan fingerprint density at radius 1 is 1.33 bits per heavy atom. The van der Waals surface area contributed by atoms with E-state index in [0.717, 1.165) is 0 Å². The normalized spacial score (nSPS) is 21.5. The summed E-state index contributed by atoms with van der Waals surface area (Å²) in [7, 11) is 0. The van der Waals surface area contributed by atoms with E-state index < -0.39 is 5.92 Å². The predicted octanol–water partition coefficient (Wildman–Crippen LogP) is 4.84. The first-order valence-corrected chi connectivity index (χ1v) is 9.39. The highest BCUT2D eigenvalue weighted by atomic mass is 35.5. The maximum Gasteiger partial charge on any atom is 0.205 e. The van der Waals surface area contributed by atoms with E-state index in [1.165, 1.54) is 0 Å². The second kappa shape index (κ2) is 7.10. The molecule has 1 heterocycles. The largest absolute Gasteiger partial charge is 0.491 e. The minimum absolute atomic E-state index is 0.00730. The third kappa shape index (κ3) is 3.52. The number of rotatable bonds is 3. The maximum atomic E-state index is 12.9. The molecule has 0 amide bonds. The predicted molar refractivity (Wildman–Crippen MR) is 103 cm³/mol. The molecular formula is C20H20Cl2N2O3. The number of carbonyl (C=O) groups is 1. The molecule has 3 rings (SSSR count). The van der Waals surface area contributed by atoms with E-state index in [1.807, 2.05) is 20.8 Å². The number of carbonyl (C=O) groups excluding carboxylic acids is 1. The molecule has 142 valence electrons. The van der Waals surface area contributed by atoms with Gasteiger partial charge in [-0.2, -0.15) is 5.26 Å². The molecule has 0 aromatic heterocycles. The van der Waals surface area contributed by atoms with E-state index in [-0.39, 0.29) is 22.7 Å². The van der Waals surface area contributed by atoms with Crippen LogP contribution in [-0.2, 0) is 9.53 Å². The first-order valence-electron chi connectivity index (χ1n) is 8.64. The zero-order chi connectivity index (χ0) is 19.9. The van der Waals surface area contributed by atoms with E-state index in [9.17, 15) is 10.1 Å². The van der Waals surface area contributed by atoms with Crippen LogP contribution in [0.15, 0.2) is 34.9 Å². The first-order chi connectivity index (χ1) is 12.7. The SMILES string of the molecule is CCOc1c(Cl)cc([C@H]2C(C#N)=C(N)OC3=C2C(=O)CC(C)(C)C3)cc1Cl. The monoisotopic (exact) mass is 406 g/mol. The van der Waals surface area contributed by atoms with E-state index in [1.54, 1.807) is 12.1 Å². The fourth-order valence-corrected chi connectivity index (χ4v) is 4.26. The van der Waals surface area contributed by atoms with Gasteiger partial charge in [0.05, 0.1) is 22.6 Å². The zero-order valence-electron chi connectivity index (χ0n) is 15.4. The summed E-state index contributed by atoms with van der Waals surface area (Å²) in [5.74, 6) is 0.171. The van der Waals surface area contributed by atoms with Crippen molar-refractivity contribution in [2.45, 2.75) is 39.5 Å². The quantitative estimate of drug-likeness (QED) is 0.775. The van der Waals surface area contributed by atoms with Gasteiger partial charge in [-0.25, -0.2) is 0 Å². The molecule has 0 saturated heterocycles. The van der Waals surface area contributed by atoms with Gasteiger partial charge in [-0.1, -0.05) is 37.0 Å². The van der Waals surface area contributed by atoms with Crippen LogP contribution in [0.25, 0.3) is 0 Å². The van der Waals surface area contributed by atoms with Gasteiger partial charge in [0.15, 0.2) is 11.5 Å². The fourth-order valence-electron chi connectivity index (χ4n) is 3.65. The molecule has 5 nitrogen and oxygen atoms in total. The third-order valence-corrected chi connectivity index (χ3v) is 5.28. The standard InChI is InChI=1S/C20H20Cl2N2O3/c1-4-26-18-12(21)5-10(6-13(18)22)16-11(9-23)19(24)27-15-8-20(2,3)7-14(25)17(15)16/h5-6,16H,4,7-8,24H2,1-3H3/t16-/m0/s1. The van der Waals surface area contributed by atoms with Crippen LogP contribution in [0.1, 0.15) is 45.1 Å². The number of nitrogens with two attached hydrogens (primary N) is 1. The van der Waals surface area contributed by atoms with Gasteiger partial charge in [0.2, 0.25) is 5.88 Å². The van der Waals surface area contributed by atoms with Gasteiger partial charge >= 0.3 is 0 Å². The number of nitrogens with zero attached hydrogens (tertiary/aromatic N) is 1. The molecule has 7 heteroatoms. The lowest BCUT2D eigenvalue weighted by Gasteiger charge is -2.37. The van der Waals surface area contributed by atoms with Gasteiger partial charge < -0.3 is 15.2 Å². The fraction of sp³-hybridized carbons (Fsp3) is 0.400. The van der Waals surface area contributed by atoms with E-state index in [4.69, 9.17) is 38.4 Å². The molecule has 27 heavy (non-hydrogen) atoms. The minimum Gasteiger partial charge on any atom is -0.491 e. The van der Waals surface area contributed by atoms with Crippen molar-refractivity contribution in [3.05, 3.63) is 50.5 Å². The second-order valence-corrected chi connectivity index (χ2v) is 8.26. The highest BCUT2D eigenvalue weighted by molar-refractivity contribution is 6.37. The van der Waals surface area contributed by atoms with Gasteiger partial charge in [0, 0.05) is 18.4 Å². The lowest BCUT2D eigenvalue weighted by molar-refractivity contribution is -0.119. The average Bonchev–Trinajstić information content (AvgIpc) is 2.55. The van der Waals surface area contributed by atoms with Crippen LogP contribution in [0.2, 0.25) is 10.0 Å². The summed E-state index contributed by atoms with van der Waals surface area (Å²) in [6.45, 7) is 6.24. The van der Waals surface area contributed by atoms with Crippen LogP contribution in [0.3, 0.4) is 0 Å². The van der Waals surface area contributed by atoms with Crippen molar-refractivity contribution in [1.29, 1.82) is 5.26 Å². The molecule has 1 aromatic rings. The van der Waals surface area contributed by atoms with Gasteiger partial charge in [0.1, 0.15) is 17.4 Å². The minimum atomic E-state index is -0.659. The summed E-state index contributed by atoms with van der Waals surface area (Å²) in [5, 5.41) is 10.3. The van der Waals surface area contributed by atoms with E-state index in [2.05, 4.69) is 6.07 Å². The smallest absolute Gasteiger partial charge is 0.205 e. The molecule has 2 aliphatic rings. The molecular weight excluding hydrogens is 387 g/mol. The Labute approximate surface area is 168 Å². The summed E-state index contributed by atoms with van der Waals surface area (Å²) in [6.07, 6.45) is 0.922. The highest BCUT2D eigenvalue weighted by Gasteiger charge is 2.43. The molecule has 1 aliphatic carbocycles. The topological polar surface area (TPSA) is 85.3 Å². The number of ketones is 1. The maximum absolute atomic E-state index is 12.9. The van der Waals surface area contributed by atoms with Crippen molar-refractivity contribution in [3.8, 4) is 11.8 Å². The zero-order valence-corrected chi connectivity index (χ0v) is 16.9. The van der Waals surface area contributed by atoms with Crippen molar-refractivity contribution < 1.29 is 14.3 Å². The number of Topliss-reactive ketones (excluding diaryl/α,β-unsaturated/α-hetero) is 1. The molecule has 0 fully saturated rings. The van der Waals surface area contributed by atoms with Crippen LogP contribution in [0.4, 0.5) is 0 Å². The van der Waals surface area contributed by atoms with Gasteiger partial charge in [-0.05, 0) is 30.0 Å². The van der Waals surface area contributed by atoms with Crippen LogP contribution < -0.4 is 10.5 Å². The Balaban J connectivity index is 2.19. The number of halogens is 2. The summed E-state index contributed by atoms with van der Waals surface area (Å²) in [6, 6.07) is 5.41. The third-order valence-electron chi connectivity index (χ3n) is 4.72. The van der Waals surface area contributed by atoms with Crippen molar-refractivity contribution in [1.82, 2.24) is 0 Å². The summed E-state index contributed by atoms with van der Waals surface area (Å²) < 4.78 is 11.1. The Morgan fingerprint density at radius 3 is 2.52 bits per heavy atom. The molecule has 2 N–H and O–H groups in total. The number of nitriles is 1. The molecule has 0 radical (unpaired) electrons. The molecule has 1 aromatic carbocycles. The van der Waals surface area contributed by atoms with Gasteiger partial charge in [0.25, 0.3) is 0 Å². The molecule has 1 aliphatic heterocycles. The van der Waals surface area contributed by atoms with E-state index >= 15 is 0 Å². The second-order valence-electron chi connectivity index (χ2n) is 7.45. The van der Waals surface area contributed by atoms with Crippen molar-refractivity contribution >= 4 is 29.0 Å². The lowest BCUT2D eigenvalue weighted by atomic mass is 9.70. The summed E-state index contributed by atoms with van der Waals surface area (Å²) in [4.78, 5) is 12.9. The van der Waals surface area contributed by atoms with Crippen LogP contribution in [-0.4, -0.2) is 12.4 Å². The number of allylic oxidation sites excluding steroid dienone is 3. The number of ether oxygens (including phenoxy) is 2. The number of hydrogen-bond donors (Lipinski definition) is 1. The summed E-state index contributed by atoms with van der Waals surface area (Å²) >= 11 is 12.7. The molecule has 0 spiro atoms. The van der Waals surface area contributed by atoms with Gasteiger partial charge in [-0.15, -0.1) is 0 Å². The van der Waals surface area contributed by atoms with Crippen LogP contribution in [0, 0.1) is 16.7 Å². The Bertz CT molecular complexity index is 903. The van der Waals surface area contributed by atoms with E-state index in [0.29, 0.717) is 52.1 Å². The molecule has 0 bridgehead atoms. The van der Waals surface area contributed by atoms with Crippen LogP contribution in [0.5, 0.6) is 5.75 Å². The Kier molecular flexibility index (Phi) is 5.16. The van der Waals surface area contributed by atoms with Crippen molar-refractivity contribution in [2.24, 2.45) is 11.1 Å². The Hall–Kier alpha value is -2.16. The van der Waals surface area contributed by atoms with Crippen LogP contribution >= 0.6 is 23.2 Å².